The van der Waals surface area contributed by atoms with Gasteiger partial charge in [-0.2, -0.15) is 0 Å². The largest absolute Gasteiger partial charge is 0.494 e. The molecule has 1 N–H and O–H groups in total. The molecule has 0 radical (unpaired) electrons. The van der Waals surface area contributed by atoms with Crippen LogP contribution in [0.3, 0.4) is 0 Å². The fraction of sp³-hybridized carbons (Fsp3) is 0.625. The summed E-state index contributed by atoms with van der Waals surface area (Å²) in [6, 6.07) is 5.36. The van der Waals surface area contributed by atoms with Crippen LogP contribution in [0.1, 0.15) is 32.8 Å². The van der Waals surface area contributed by atoms with Crippen molar-refractivity contribution in [3.05, 3.63) is 29.6 Å². The van der Waals surface area contributed by atoms with Crippen molar-refractivity contribution < 1.29 is 13.9 Å². The van der Waals surface area contributed by atoms with Gasteiger partial charge in [0.2, 0.25) is 0 Å². The van der Waals surface area contributed by atoms with Gasteiger partial charge < -0.3 is 14.8 Å². The van der Waals surface area contributed by atoms with Gasteiger partial charge in [-0.15, -0.1) is 0 Å². The van der Waals surface area contributed by atoms with Crippen LogP contribution >= 0.6 is 0 Å². The lowest BCUT2D eigenvalue weighted by Crippen LogP contribution is -2.37. The minimum Gasteiger partial charge on any atom is -0.494 e. The zero-order valence-corrected chi connectivity index (χ0v) is 12.9. The number of benzene rings is 1. The molecule has 0 bridgehead atoms. The number of ether oxygens (including phenoxy) is 2. The Morgan fingerprint density at radius 2 is 2.05 bits per heavy atom. The zero-order chi connectivity index (χ0) is 15.0. The Hall–Kier alpha value is -1.13. The maximum absolute atomic E-state index is 14.2. The average molecular weight is 283 g/mol. The first-order valence-corrected chi connectivity index (χ1v) is 7.24. The van der Waals surface area contributed by atoms with Crippen LogP contribution in [0.4, 0.5) is 4.39 Å². The van der Waals surface area contributed by atoms with Crippen molar-refractivity contribution in [2.45, 2.75) is 45.8 Å². The zero-order valence-electron chi connectivity index (χ0n) is 12.9. The molecular weight excluding hydrogens is 257 g/mol. The van der Waals surface area contributed by atoms with E-state index in [1.807, 2.05) is 19.9 Å². The summed E-state index contributed by atoms with van der Waals surface area (Å²) >= 11 is 0. The summed E-state index contributed by atoms with van der Waals surface area (Å²) < 4.78 is 24.8. The van der Waals surface area contributed by atoms with E-state index in [0.717, 1.165) is 13.0 Å². The van der Waals surface area contributed by atoms with Gasteiger partial charge in [0.25, 0.3) is 0 Å². The van der Waals surface area contributed by atoms with Gasteiger partial charge in [0, 0.05) is 6.04 Å². The van der Waals surface area contributed by atoms with Crippen LogP contribution in [-0.2, 0) is 11.2 Å². The summed E-state index contributed by atoms with van der Waals surface area (Å²) in [7, 11) is 1.48. The monoisotopic (exact) mass is 283 g/mol. The normalized spacial score (nSPS) is 12.7. The summed E-state index contributed by atoms with van der Waals surface area (Å²) in [6.45, 7) is 7.59. The Morgan fingerprint density at radius 3 is 2.65 bits per heavy atom. The molecule has 20 heavy (non-hydrogen) atoms. The number of nitrogens with one attached hydrogen (secondary N) is 1. The van der Waals surface area contributed by atoms with Crippen molar-refractivity contribution in [3.63, 3.8) is 0 Å². The molecule has 0 aliphatic rings. The third-order valence-corrected chi connectivity index (χ3v) is 3.04. The third kappa shape index (κ3) is 5.47. The molecule has 4 heteroatoms. The quantitative estimate of drug-likeness (QED) is 0.755. The maximum Gasteiger partial charge on any atom is 0.168 e. The second kappa shape index (κ2) is 8.93. The van der Waals surface area contributed by atoms with Crippen molar-refractivity contribution >= 4 is 0 Å². The van der Waals surface area contributed by atoms with Gasteiger partial charge in [-0.1, -0.05) is 19.1 Å². The van der Waals surface area contributed by atoms with Gasteiger partial charge in [-0.25, -0.2) is 4.39 Å². The Labute approximate surface area is 121 Å². The van der Waals surface area contributed by atoms with Gasteiger partial charge in [0.1, 0.15) is 0 Å². The van der Waals surface area contributed by atoms with E-state index in [0.29, 0.717) is 24.3 Å². The molecule has 1 aromatic rings. The maximum atomic E-state index is 14.2. The van der Waals surface area contributed by atoms with Crippen LogP contribution in [0.5, 0.6) is 5.75 Å². The molecule has 1 unspecified atom stereocenters. The van der Waals surface area contributed by atoms with E-state index >= 15 is 0 Å². The van der Waals surface area contributed by atoms with Crippen LogP contribution in [-0.4, -0.2) is 32.4 Å². The van der Waals surface area contributed by atoms with E-state index < -0.39 is 0 Å². The second-order valence-electron chi connectivity index (χ2n) is 5.17. The summed E-state index contributed by atoms with van der Waals surface area (Å²) in [5.74, 6) is 0.0179. The topological polar surface area (TPSA) is 30.5 Å². The van der Waals surface area contributed by atoms with Crippen molar-refractivity contribution in [3.8, 4) is 5.75 Å². The molecule has 0 aliphatic heterocycles. The number of halogens is 1. The van der Waals surface area contributed by atoms with Crippen molar-refractivity contribution in [2.75, 3.05) is 20.3 Å². The first-order chi connectivity index (χ1) is 9.58. The van der Waals surface area contributed by atoms with E-state index in [-0.39, 0.29) is 18.0 Å². The lowest BCUT2D eigenvalue weighted by molar-refractivity contribution is 0.0611. The number of methoxy groups -OCH3 is 1. The average Bonchev–Trinajstić information content (AvgIpc) is 2.43. The minimum atomic E-state index is -0.275. The second-order valence-corrected chi connectivity index (χ2v) is 5.17. The van der Waals surface area contributed by atoms with Crippen LogP contribution in [0.15, 0.2) is 18.2 Å². The number of hydrogen-bond acceptors (Lipinski definition) is 3. The smallest absolute Gasteiger partial charge is 0.168 e. The fourth-order valence-corrected chi connectivity index (χ4v) is 1.98. The Kier molecular flexibility index (Phi) is 7.55. The summed E-state index contributed by atoms with van der Waals surface area (Å²) in [5.41, 5.74) is 0.658. The first kappa shape index (κ1) is 16.9. The molecule has 0 saturated carbocycles. The molecule has 1 aromatic carbocycles. The van der Waals surface area contributed by atoms with E-state index in [2.05, 4.69) is 12.2 Å². The van der Waals surface area contributed by atoms with Crippen LogP contribution in [0.2, 0.25) is 0 Å². The lowest BCUT2D eigenvalue weighted by atomic mass is 10.1. The summed E-state index contributed by atoms with van der Waals surface area (Å²) in [4.78, 5) is 0. The van der Waals surface area contributed by atoms with E-state index in [4.69, 9.17) is 9.47 Å². The van der Waals surface area contributed by atoms with Gasteiger partial charge in [0.05, 0.1) is 19.8 Å². The van der Waals surface area contributed by atoms with Crippen LogP contribution < -0.4 is 10.1 Å². The molecule has 0 aliphatic carbocycles. The predicted molar refractivity (Wildman–Crippen MR) is 79.8 cm³/mol. The first-order valence-electron chi connectivity index (χ1n) is 7.24. The SMILES string of the molecule is CCCNC(COC(C)C)Cc1cccc(OC)c1F. The van der Waals surface area contributed by atoms with Crippen LogP contribution in [0, 0.1) is 5.82 Å². The highest BCUT2D eigenvalue weighted by Gasteiger charge is 2.15. The highest BCUT2D eigenvalue weighted by molar-refractivity contribution is 5.31. The van der Waals surface area contributed by atoms with Crippen molar-refractivity contribution in [1.82, 2.24) is 5.32 Å². The fourth-order valence-electron chi connectivity index (χ4n) is 1.98. The van der Waals surface area contributed by atoms with Crippen molar-refractivity contribution in [1.29, 1.82) is 0 Å². The van der Waals surface area contributed by atoms with Crippen molar-refractivity contribution in [2.24, 2.45) is 0 Å². The Morgan fingerprint density at radius 1 is 1.30 bits per heavy atom. The standard InChI is InChI=1S/C16H26FNO2/c1-5-9-18-14(11-20-12(2)3)10-13-7-6-8-15(19-4)16(13)17/h6-8,12,14,18H,5,9-11H2,1-4H3. The molecule has 0 heterocycles. The van der Waals surface area contributed by atoms with Gasteiger partial charge >= 0.3 is 0 Å². The van der Waals surface area contributed by atoms with Gasteiger partial charge in [0.15, 0.2) is 11.6 Å². The van der Waals surface area contributed by atoms with E-state index in [9.17, 15) is 4.39 Å². The Bertz CT molecular complexity index is 396. The van der Waals surface area contributed by atoms with Gasteiger partial charge in [-0.05, 0) is 44.9 Å². The molecule has 0 amide bonds. The molecule has 0 saturated heterocycles. The van der Waals surface area contributed by atoms with E-state index in [1.54, 1.807) is 12.1 Å². The molecule has 3 nitrogen and oxygen atoms in total. The number of hydrogen-bond donors (Lipinski definition) is 1. The molecule has 1 rings (SSSR count). The molecular formula is C16H26FNO2. The molecule has 0 fully saturated rings. The summed E-state index contributed by atoms with van der Waals surface area (Å²) in [6.07, 6.45) is 1.81. The molecule has 0 spiro atoms. The lowest BCUT2D eigenvalue weighted by Gasteiger charge is -2.20. The molecule has 1 atom stereocenters. The number of rotatable bonds is 9. The highest BCUT2D eigenvalue weighted by Crippen LogP contribution is 2.21. The van der Waals surface area contributed by atoms with E-state index in [1.165, 1.54) is 7.11 Å². The third-order valence-electron chi connectivity index (χ3n) is 3.04. The highest BCUT2D eigenvalue weighted by atomic mass is 19.1. The van der Waals surface area contributed by atoms with Crippen LogP contribution in [0.25, 0.3) is 0 Å². The molecule has 114 valence electrons. The predicted octanol–water partition coefficient (Wildman–Crippen LogP) is 3.17. The van der Waals surface area contributed by atoms with Gasteiger partial charge in [-0.3, -0.25) is 0 Å². The Balaban J connectivity index is 2.72. The molecule has 0 aromatic heterocycles. The minimum absolute atomic E-state index is 0.110. The summed E-state index contributed by atoms with van der Waals surface area (Å²) in [5, 5.41) is 3.41.